The van der Waals surface area contributed by atoms with Crippen molar-refractivity contribution in [1.29, 1.82) is 0 Å². The molecule has 2 rings (SSSR count). The third-order valence-corrected chi connectivity index (χ3v) is 3.60. The van der Waals surface area contributed by atoms with Gasteiger partial charge in [-0.15, -0.1) is 0 Å². The molecule has 0 radical (unpaired) electrons. The quantitative estimate of drug-likeness (QED) is 0.703. The summed E-state index contributed by atoms with van der Waals surface area (Å²) in [5, 5.41) is 3.16. The topological polar surface area (TPSA) is 41.6 Å². The van der Waals surface area contributed by atoms with E-state index in [2.05, 4.69) is 5.32 Å². The Bertz CT molecular complexity index is 325. The lowest BCUT2D eigenvalue weighted by molar-refractivity contribution is 0.0103. The second kappa shape index (κ2) is 3.83. The number of alkyl halides is 1. The monoisotopic (exact) mass is 244 g/mol. The van der Waals surface area contributed by atoms with Crippen LogP contribution in [0.25, 0.3) is 0 Å². The van der Waals surface area contributed by atoms with Crippen LogP contribution < -0.4 is 5.32 Å². The summed E-state index contributed by atoms with van der Waals surface area (Å²) in [7, 11) is 0. The molecule has 0 saturated carbocycles. The van der Waals surface area contributed by atoms with Crippen LogP contribution in [0.1, 0.15) is 27.7 Å². The number of likely N-dealkylation sites (tertiary alicyclic amines) is 1. The van der Waals surface area contributed by atoms with Crippen molar-refractivity contribution in [3.63, 3.8) is 0 Å². The first-order valence-corrected chi connectivity index (χ1v) is 6.11. The van der Waals surface area contributed by atoms with E-state index in [1.807, 2.05) is 20.8 Å². The summed E-state index contributed by atoms with van der Waals surface area (Å²) in [5.74, 6) is -0.131. The van der Waals surface area contributed by atoms with Gasteiger partial charge in [0.25, 0.3) is 0 Å². The summed E-state index contributed by atoms with van der Waals surface area (Å²) in [4.78, 5) is 13.5. The Morgan fingerprint density at radius 3 is 2.65 bits per heavy atom. The number of amides is 1. The number of carbonyl (C=O) groups excluding carboxylic acids is 1. The molecule has 2 saturated heterocycles. The Balaban J connectivity index is 2.11. The number of ether oxygens (including phenoxy) is 1. The normalized spacial score (nSPS) is 37.1. The number of nitrogens with one attached hydrogen (secondary N) is 1. The zero-order chi connectivity index (χ0) is 12.8. The molecule has 17 heavy (non-hydrogen) atoms. The molecule has 1 N–H and O–H groups in total. The molecular weight excluding hydrogens is 223 g/mol. The van der Waals surface area contributed by atoms with E-state index in [0.29, 0.717) is 19.6 Å². The lowest BCUT2D eigenvalue weighted by Crippen LogP contribution is -2.55. The molecule has 0 spiro atoms. The molecule has 0 aromatic heterocycles. The van der Waals surface area contributed by atoms with Crippen LogP contribution in [0.5, 0.6) is 0 Å². The van der Waals surface area contributed by atoms with Gasteiger partial charge in [0.2, 0.25) is 0 Å². The zero-order valence-corrected chi connectivity index (χ0v) is 10.9. The SMILES string of the molecule is CC(C)(C)OC(=O)N1CC2CNCC1C2(C)F. The maximum atomic E-state index is 14.5. The van der Waals surface area contributed by atoms with Crippen molar-refractivity contribution >= 4 is 6.09 Å². The van der Waals surface area contributed by atoms with Crippen molar-refractivity contribution in [3.8, 4) is 0 Å². The van der Waals surface area contributed by atoms with Crippen LogP contribution in [0.3, 0.4) is 0 Å². The average molecular weight is 244 g/mol. The molecule has 0 aromatic rings. The van der Waals surface area contributed by atoms with E-state index in [4.69, 9.17) is 4.74 Å². The van der Waals surface area contributed by atoms with Crippen LogP contribution in [0.2, 0.25) is 0 Å². The van der Waals surface area contributed by atoms with Crippen LogP contribution in [-0.2, 0) is 4.74 Å². The largest absolute Gasteiger partial charge is 0.444 e. The van der Waals surface area contributed by atoms with Crippen LogP contribution in [-0.4, -0.2) is 47.9 Å². The fourth-order valence-electron chi connectivity index (χ4n) is 2.61. The van der Waals surface area contributed by atoms with E-state index in [9.17, 15) is 9.18 Å². The maximum absolute atomic E-state index is 14.5. The Morgan fingerprint density at radius 1 is 1.47 bits per heavy atom. The summed E-state index contributed by atoms with van der Waals surface area (Å²) in [6.07, 6.45) is -0.405. The molecule has 3 atom stereocenters. The van der Waals surface area contributed by atoms with Gasteiger partial charge in [0.05, 0.1) is 6.04 Å². The van der Waals surface area contributed by atoms with Crippen LogP contribution >= 0.6 is 0 Å². The predicted octanol–water partition coefficient (Wildman–Crippen LogP) is 1.55. The minimum Gasteiger partial charge on any atom is -0.444 e. The van der Waals surface area contributed by atoms with Crippen LogP contribution in [0, 0.1) is 5.92 Å². The van der Waals surface area contributed by atoms with E-state index >= 15 is 0 Å². The Labute approximate surface area is 101 Å². The van der Waals surface area contributed by atoms with Gasteiger partial charge in [-0.2, -0.15) is 0 Å². The van der Waals surface area contributed by atoms with E-state index in [1.165, 1.54) is 4.90 Å². The van der Waals surface area contributed by atoms with Crippen molar-refractivity contribution in [1.82, 2.24) is 10.2 Å². The Kier molecular flexibility index (Phi) is 2.84. The van der Waals surface area contributed by atoms with Crippen LogP contribution in [0.15, 0.2) is 0 Å². The predicted molar refractivity (Wildman–Crippen MR) is 62.6 cm³/mol. The number of hydrogen-bond acceptors (Lipinski definition) is 3. The second-order valence-corrected chi connectivity index (χ2v) is 6.15. The molecule has 98 valence electrons. The van der Waals surface area contributed by atoms with Gasteiger partial charge in [0.15, 0.2) is 0 Å². The molecule has 2 bridgehead atoms. The molecule has 4 nitrogen and oxygen atoms in total. The highest BCUT2D eigenvalue weighted by atomic mass is 19.1. The van der Waals surface area contributed by atoms with Crippen molar-refractivity contribution in [2.75, 3.05) is 19.6 Å². The first-order valence-electron chi connectivity index (χ1n) is 6.11. The van der Waals surface area contributed by atoms with E-state index in [1.54, 1.807) is 6.92 Å². The van der Waals surface area contributed by atoms with Gasteiger partial charge >= 0.3 is 6.09 Å². The van der Waals surface area contributed by atoms with Crippen molar-refractivity contribution in [2.24, 2.45) is 5.92 Å². The van der Waals surface area contributed by atoms with E-state index in [0.717, 1.165) is 0 Å². The zero-order valence-electron chi connectivity index (χ0n) is 10.9. The maximum Gasteiger partial charge on any atom is 0.410 e. The third-order valence-electron chi connectivity index (χ3n) is 3.60. The van der Waals surface area contributed by atoms with Gasteiger partial charge in [-0.1, -0.05) is 0 Å². The van der Waals surface area contributed by atoms with Gasteiger partial charge in [-0.3, -0.25) is 0 Å². The molecule has 5 heteroatoms. The molecule has 2 aliphatic heterocycles. The van der Waals surface area contributed by atoms with Gasteiger partial charge in [-0.05, 0) is 27.7 Å². The van der Waals surface area contributed by atoms with Crippen molar-refractivity contribution in [3.05, 3.63) is 0 Å². The smallest absolute Gasteiger partial charge is 0.410 e. The first-order chi connectivity index (χ1) is 7.72. The van der Waals surface area contributed by atoms with Gasteiger partial charge in [-0.25, -0.2) is 9.18 Å². The number of halogens is 1. The molecule has 3 unspecified atom stereocenters. The number of carbonyl (C=O) groups is 1. The summed E-state index contributed by atoms with van der Waals surface area (Å²) in [6.45, 7) is 8.62. The lowest BCUT2D eigenvalue weighted by atomic mass is 9.86. The minimum absolute atomic E-state index is 0.131. The minimum atomic E-state index is -1.30. The molecular formula is C12H21FN2O2. The number of rotatable bonds is 0. The highest BCUT2D eigenvalue weighted by Gasteiger charge is 2.56. The second-order valence-electron chi connectivity index (χ2n) is 6.15. The standard InChI is InChI=1S/C12H21FN2O2/c1-11(2,3)17-10(16)15-7-8-5-14-6-9(15)12(8,4)13/h8-9,14H,5-7H2,1-4H3. The summed E-state index contributed by atoms with van der Waals surface area (Å²) >= 11 is 0. The fraction of sp³-hybridized carbons (Fsp3) is 0.917. The highest BCUT2D eigenvalue weighted by molar-refractivity contribution is 5.69. The molecule has 0 aliphatic carbocycles. The Morgan fingerprint density at radius 2 is 2.12 bits per heavy atom. The summed E-state index contributed by atoms with van der Waals surface area (Å²) < 4.78 is 19.8. The molecule has 1 amide bonds. The lowest BCUT2D eigenvalue weighted by Gasteiger charge is -2.35. The van der Waals surface area contributed by atoms with E-state index in [-0.39, 0.29) is 5.92 Å². The molecule has 2 heterocycles. The third kappa shape index (κ3) is 2.25. The van der Waals surface area contributed by atoms with Crippen molar-refractivity contribution in [2.45, 2.75) is 45.0 Å². The number of hydrogen-bond donors (Lipinski definition) is 1. The number of nitrogens with zero attached hydrogens (tertiary/aromatic N) is 1. The number of piperidine rings is 1. The Hall–Kier alpha value is -0.840. The number of fused-ring (bicyclic) bond motifs is 2. The molecule has 2 aliphatic rings. The summed E-state index contributed by atoms with van der Waals surface area (Å²) in [5.41, 5.74) is -1.84. The summed E-state index contributed by atoms with van der Waals surface area (Å²) in [6, 6.07) is -0.406. The average Bonchev–Trinajstić information content (AvgIpc) is 2.35. The molecule has 0 aromatic carbocycles. The fourth-order valence-corrected chi connectivity index (χ4v) is 2.61. The van der Waals surface area contributed by atoms with Gasteiger partial charge in [0.1, 0.15) is 11.3 Å². The van der Waals surface area contributed by atoms with Gasteiger partial charge < -0.3 is 15.0 Å². The molecule has 2 fully saturated rings. The first kappa shape index (κ1) is 12.6. The van der Waals surface area contributed by atoms with Crippen LogP contribution in [0.4, 0.5) is 9.18 Å². The van der Waals surface area contributed by atoms with Gasteiger partial charge in [0, 0.05) is 25.6 Å². The van der Waals surface area contributed by atoms with E-state index < -0.39 is 23.4 Å². The van der Waals surface area contributed by atoms with Crippen molar-refractivity contribution < 1.29 is 13.9 Å². The highest BCUT2D eigenvalue weighted by Crippen LogP contribution is 2.39.